The minimum absolute atomic E-state index is 0. The number of nitrogens with one attached hydrogen (secondary N) is 2. The van der Waals surface area contributed by atoms with Crippen LogP contribution < -0.4 is 50.0 Å². The molecule has 14 atom stereocenters. The minimum Gasteiger partial charge on any atom is -0.544 e. The Balaban J connectivity index is 0.00000726. The Bertz CT molecular complexity index is 1900. The SMILES string of the molecule is CC(=O)N[C@H]1[C@H]([C@@H](O)[C@H](O)CNC(=O)c2ccccc2)O[C@@](O[C@H]2[C@@H](O)[C@@H](CO)O[C@@H](O[C@@H]3CCO[C@H](COc4ccc(-c5ccccc5)cc4)[C@@H]3O)[C@@H]2O)(C(=O)[O-])C[C@@H]1O.[Na+]. The second-order valence-corrected chi connectivity index (χ2v) is 15.1. The molecular formula is C42H51N2NaO17. The van der Waals surface area contributed by atoms with Gasteiger partial charge in [0, 0.05) is 32.1 Å². The number of carbonyl (C=O) groups excluding carboxylic acids is 3. The fourth-order valence-electron chi connectivity index (χ4n) is 7.53. The van der Waals surface area contributed by atoms with Crippen LogP contribution in [0.2, 0.25) is 0 Å². The second kappa shape index (κ2) is 22.3. The number of aliphatic carboxylic acids is 1. The van der Waals surface area contributed by atoms with Crippen molar-refractivity contribution in [1.29, 1.82) is 0 Å². The van der Waals surface area contributed by atoms with Crippen molar-refractivity contribution >= 4 is 17.8 Å². The summed E-state index contributed by atoms with van der Waals surface area (Å²) in [6.45, 7) is -0.435. The molecule has 6 rings (SSSR count). The van der Waals surface area contributed by atoms with Gasteiger partial charge in [-0.25, -0.2) is 0 Å². The maximum Gasteiger partial charge on any atom is 1.00 e. The summed E-state index contributed by atoms with van der Waals surface area (Å²) >= 11 is 0. The second-order valence-electron chi connectivity index (χ2n) is 15.1. The average Bonchev–Trinajstić information content (AvgIpc) is 3.26. The van der Waals surface area contributed by atoms with Crippen LogP contribution in [0.25, 0.3) is 11.1 Å². The molecule has 0 radical (unpaired) electrons. The normalized spacial score (nSPS) is 32.0. The zero-order valence-corrected chi connectivity index (χ0v) is 36.0. The molecule has 3 aliphatic heterocycles. The summed E-state index contributed by atoms with van der Waals surface area (Å²) in [4.78, 5) is 37.7. The van der Waals surface area contributed by atoms with Crippen molar-refractivity contribution < 1.29 is 113 Å². The maximum atomic E-state index is 12.9. The van der Waals surface area contributed by atoms with Gasteiger partial charge in [-0.3, -0.25) is 9.59 Å². The number of ether oxygens (including phenoxy) is 6. The molecule has 3 aliphatic rings. The van der Waals surface area contributed by atoms with Crippen LogP contribution in [0.3, 0.4) is 0 Å². The molecule has 0 aliphatic carbocycles. The quantitative estimate of drug-likeness (QED) is 0.0606. The molecule has 19 nitrogen and oxygen atoms in total. The molecule has 62 heavy (non-hydrogen) atoms. The van der Waals surface area contributed by atoms with E-state index in [1.165, 1.54) is 12.1 Å². The van der Waals surface area contributed by atoms with E-state index in [2.05, 4.69) is 10.6 Å². The van der Waals surface area contributed by atoms with Crippen molar-refractivity contribution in [1.82, 2.24) is 10.6 Å². The number of carbonyl (C=O) groups is 3. The molecular weight excluding hydrogens is 827 g/mol. The van der Waals surface area contributed by atoms with Crippen molar-refractivity contribution in [2.75, 3.05) is 26.4 Å². The van der Waals surface area contributed by atoms with Crippen molar-refractivity contribution in [3.63, 3.8) is 0 Å². The number of aliphatic hydroxyl groups is 7. The Kier molecular flexibility index (Phi) is 17.8. The van der Waals surface area contributed by atoms with Crippen molar-refractivity contribution in [2.24, 2.45) is 0 Å². The maximum absolute atomic E-state index is 12.9. The zero-order chi connectivity index (χ0) is 43.8. The third kappa shape index (κ3) is 11.7. The summed E-state index contributed by atoms with van der Waals surface area (Å²) in [6, 6.07) is 23.3. The molecule has 3 aromatic rings. The Morgan fingerprint density at radius 2 is 1.53 bits per heavy atom. The van der Waals surface area contributed by atoms with Crippen LogP contribution in [0.4, 0.5) is 0 Å². The summed E-state index contributed by atoms with van der Waals surface area (Å²) in [6.07, 6.45) is -21.5. The zero-order valence-electron chi connectivity index (χ0n) is 34.0. The first-order valence-electron chi connectivity index (χ1n) is 19.8. The fraction of sp³-hybridized carbons (Fsp3) is 0.500. The Morgan fingerprint density at radius 3 is 2.16 bits per heavy atom. The van der Waals surface area contributed by atoms with Gasteiger partial charge in [-0.2, -0.15) is 0 Å². The molecule has 0 aromatic heterocycles. The number of carboxylic acid groups (broad SMARTS) is 1. The van der Waals surface area contributed by atoms with Gasteiger partial charge in [-0.1, -0.05) is 60.7 Å². The van der Waals surface area contributed by atoms with Crippen molar-refractivity contribution in [2.45, 2.75) is 105 Å². The van der Waals surface area contributed by atoms with E-state index in [1.54, 1.807) is 30.3 Å². The number of benzene rings is 3. The Hall–Kier alpha value is -3.61. The number of amides is 2. The van der Waals surface area contributed by atoms with Gasteiger partial charge in [-0.15, -0.1) is 0 Å². The Morgan fingerprint density at radius 1 is 0.887 bits per heavy atom. The van der Waals surface area contributed by atoms with Crippen LogP contribution in [0.15, 0.2) is 84.9 Å². The van der Waals surface area contributed by atoms with E-state index in [0.29, 0.717) is 5.75 Å². The molecule has 20 heteroatoms. The molecule has 332 valence electrons. The predicted octanol–water partition coefficient (Wildman–Crippen LogP) is -5.65. The van der Waals surface area contributed by atoms with Crippen molar-refractivity contribution in [3.8, 4) is 16.9 Å². The van der Waals surface area contributed by atoms with Gasteiger partial charge >= 0.3 is 29.6 Å². The molecule has 3 saturated heterocycles. The first kappa shape index (κ1) is 49.4. The van der Waals surface area contributed by atoms with Gasteiger partial charge in [0.25, 0.3) is 5.91 Å². The first-order chi connectivity index (χ1) is 29.2. The Labute approximate surface area is 378 Å². The van der Waals surface area contributed by atoms with Crippen LogP contribution in [0, 0.1) is 0 Å². The van der Waals surface area contributed by atoms with Crippen LogP contribution in [0.5, 0.6) is 5.75 Å². The van der Waals surface area contributed by atoms with E-state index < -0.39 is 123 Å². The van der Waals surface area contributed by atoms with Crippen LogP contribution >= 0.6 is 0 Å². The molecule has 2 amide bonds. The number of aliphatic hydroxyl groups excluding tert-OH is 7. The summed E-state index contributed by atoms with van der Waals surface area (Å²) in [5, 5.41) is 95.3. The molecule has 3 aromatic carbocycles. The van der Waals surface area contributed by atoms with Crippen LogP contribution in [-0.2, 0) is 33.3 Å². The number of hydrogen-bond donors (Lipinski definition) is 9. The average molecular weight is 879 g/mol. The standard InChI is InChI=1S/C42H52N2O17.Na/c1-22(46)44-32-27(47)18-42(41(54)55,60-37(32)33(49)28(48)19-43-39(53)25-10-6-3-7-11-25)61-38-35(51)30(20-45)59-40(36(38)52)58-29-16-17-56-31(34(29)50)21-57-26-14-12-24(13-15-26)23-8-4-2-5-9-23;/h2-15,27-38,40,45,47-52H,16-21H2,1H3,(H,43,53)(H,44,46)(H,54,55);/q;+1/p-1/t27-,28+,29+,30+,31+,32+,33-,34+,35-,36+,37+,38-,40+,42-;/m0./s1. The summed E-state index contributed by atoms with van der Waals surface area (Å²) in [7, 11) is 0. The van der Waals surface area contributed by atoms with Gasteiger partial charge in [0.1, 0.15) is 67.2 Å². The largest absolute Gasteiger partial charge is 1.00 e. The van der Waals surface area contributed by atoms with E-state index in [1.807, 2.05) is 42.5 Å². The van der Waals surface area contributed by atoms with E-state index in [9.17, 15) is 55.2 Å². The van der Waals surface area contributed by atoms with E-state index in [4.69, 9.17) is 28.4 Å². The number of rotatable bonds is 16. The molecule has 0 spiro atoms. The molecule has 9 N–H and O–H groups in total. The van der Waals surface area contributed by atoms with Gasteiger partial charge in [0.05, 0.1) is 31.0 Å². The van der Waals surface area contributed by atoms with E-state index in [0.717, 1.165) is 18.1 Å². The molecule has 0 saturated carbocycles. The van der Waals surface area contributed by atoms with E-state index in [-0.39, 0.29) is 54.8 Å². The predicted molar refractivity (Wildman–Crippen MR) is 207 cm³/mol. The van der Waals surface area contributed by atoms with Gasteiger partial charge in [-0.05, 0) is 41.8 Å². The fourth-order valence-corrected chi connectivity index (χ4v) is 7.53. The summed E-state index contributed by atoms with van der Waals surface area (Å²) in [5.41, 5.74) is 2.22. The van der Waals surface area contributed by atoms with Crippen LogP contribution in [-0.4, -0.2) is 165 Å². The molecule has 3 heterocycles. The topological polar surface area (TPSA) is 295 Å². The van der Waals surface area contributed by atoms with Gasteiger partial charge in [0.15, 0.2) is 6.29 Å². The summed E-state index contributed by atoms with van der Waals surface area (Å²) in [5.74, 6) is -6.10. The smallest absolute Gasteiger partial charge is 0.544 e. The van der Waals surface area contributed by atoms with Crippen LogP contribution in [0.1, 0.15) is 30.1 Å². The number of carboxylic acids is 1. The van der Waals surface area contributed by atoms with Gasteiger partial charge in [0.2, 0.25) is 11.7 Å². The molecule has 0 unspecified atom stereocenters. The summed E-state index contributed by atoms with van der Waals surface area (Å²) < 4.78 is 34.8. The van der Waals surface area contributed by atoms with E-state index >= 15 is 0 Å². The van der Waals surface area contributed by atoms with Crippen molar-refractivity contribution in [3.05, 3.63) is 90.5 Å². The monoisotopic (exact) mass is 878 g/mol. The third-order valence-electron chi connectivity index (χ3n) is 10.8. The molecule has 0 bridgehead atoms. The number of hydrogen-bond acceptors (Lipinski definition) is 17. The van der Waals surface area contributed by atoms with Gasteiger partial charge < -0.3 is 84.7 Å². The molecule has 3 fully saturated rings. The first-order valence-corrected chi connectivity index (χ1v) is 19.8. The third-order valence-corrected chi connectivity index (χ3v) is 10.8. The minimum atomic E-state index is -3.10.